The highest BCUT2D eigenvalue weighted by molar-refractivity contribution is 5.96. The molecule has 0 radical (unpaired) electrons. The summed E-state index contributed by atoms with van der Waals surface area (Å²) in [6.07, 6.45) is 7.37. The van der Waals surface area contributed by atoms with Crippen molar-refractivity contribution in [1.29, 1.82) is 0 Å². The number of ether oxygens (including phenoxy) is 1. The van der Waals surface area contributed by atoms with Crippen molar-refractivity contribution >= 4 is 24.1 Å². The van der Waals surface area contributed by atoms with E-state index in [0.717, 1.165) is 38.9 Å². The largest absolute Gasteiger partial charge is 0.360 e. The molecule has 0 bridgehead atoms. The molecule has 1 aromatic heterocycles. The summed E-state index contributed by atoms with van der Waals surface area (Å²) in [6.45, 7) is 5.43. The van der Waals surface area contributed by atoms with Gasteiger partial charge in [-0.15, -0.1) is 12.4 Å². The molecule has 2 saturated heterocycles. The summed E-state index contributed by atoms with van der Waals surface area (Å²) in [4.78, 5) is 25.3. The minimum absolute atomic E-state index is 0. The number of nitrogens with zero attached hydrogens (tertiary/aromatic N) is 4. The van der Waals surface area contributed by atoms with Crippen LogP contribution in [0.1, 0.15) is 25.3 Å². The van der Waals surface area contributed by atoms with E-state index in [1.54, 1.807) is 23.5 Å². The molecule has 150 valence electrons. The standard InChI is InChI=1S/C21H26N4O2.ClH/c1-17-20(26)25(19-15-22-10-11-23-19)16-21(27-17)8-13-24(14-9-21)12-7-18-5-3-2-4-6-18;/h2-6,10-11,15,17H,7-9,12-14,16H2,1H3;1H. The van der Waals surface area contributed by atoms with Gasteiger partial charge < -0.3 is 9.64 Å². The average Bonchev–Trinajstić information content (AvgIpc) is 2.72. The van der Waals surface area contributed by atoms with Crippen LogP contribution in [0.2, 0.25) is 0 Å². The van der Waals surface area contributed by atoms with E-state index < -0.39 is 6.10 Å². The van der Waals surface area contributed by atoms with E-state index in [9.17, 15) is 4.79 Å². The summed E-state index contributed by atoms with van der Waals surface area (Å²) in [5.41, 5.74) is 1.09. The number of hydrogen-bond acceptors (Lipinski definition) is 5. The van der Waals surface area contributed by atoms with Crippen LogP contribution in [-0.4, -0.2) is 58.7 Å². The van der Waals surface area contributed by atoms with Gasteiger partial charge >= 0.3 is 0 Å². The van der Waals surface area contributed by atoms with Crippen molar-refractivity contribution in [2.45, 2.75) is 37.9 Å². The van der Waals surface area contributed by atoms with Crippen LogP contribution in [0.3, 0.4) is 0 Å². The van der Waals surface area contributed by atoms with Crippen molar-refractivity contribution in [3.8, 4) is 0 Å². The predicted molar refractivity (Wildman–Crippen MR) is 111 cm³/mol. The van der Waals surface area contributed by atoms with E-state index in [1.807, 2.05) is 6.92 Å². The molecule has 6 nitrogen and oxygen atoms in total. The second-order valence-electron chi connectivity index (χ2n) is 7.51. The van der Waals surface area contributed by atoms with Gasteiger partial charge in [0, 0.05) is 32.0 Å². The lowest BCUT2D eigenvalue weighted by atomic mass is 9.88. The summed E-state index contributed by atoms with van der Waals surface area (Å²) in [5, 5.41) is 0. The smallest absolute Gasteiger partial charge is 0.257 e. The van der Waals surface area contributed by atoms with E-state index in [1.165, 1.54) is 5.56 Å². The minimum Gasteiger partial charge on any atom is -0.360 e. The molecule has 4 rings (SSSR count). The molecule has 2 aromatic rings. The number of benzene rings is 1. The molecule has 2 fully saturated rings. The number of piperidine rings is 1. The van der Waals surface area contributed by atoms with Crippen LogP contribution in [0.5, 0.6) is 0 Å². The van der Waals surface area contributed by atoms with E-state index in [4.69, 9.17) is 4.74 Å². The Bertz CT molecular complexity index is 766. The highest BCUT2D eigenvalue weighted by Crippen LogP contribution is 2.34. The van der Waals surface area contributed by atoms with Crippen molar-refractivity contribution < 1.29 is 9.53 Å². The summed E-state index contributed by atoms with van der Waals surface area (Å²) >= 11 is 0. The number of rotatable bonds is 4. The minimum atomic E-state index is -0.448. The second-order valence-corrected chi connectivity index (χ2v) is 7.51. The quantitative estimate of drug-likeness (QED) is 0.787. The van der Waals surface area contributed by atoms with Gasteiger partial charge in [-0.1, -0.05) is 30.3 Å². The Morgan fingerprint density at radius 1 is 1.18 bits per heavy atom. The SMILES string of the molecule is CC1OC2(CCN(CCc3ccccc3)CC2)CN(c2cnccn2)C1=O.Cl. The van der Waals surface area contributed by atoms with Crippen molar-refractivity contribution in [3.63, 3.8) is 0 Å². The van der Waals surface area contributed by atoms with Gasteiger partial charge in [0.1, 0.15) is 6.10 Å². The molecule has 0 aliphatic carbocycles. The third-order valence-corrected chi connectivity index (χ3v) is 5.64. The number of aromatic nitrogens is 2. The lowest BCUT2D eigenvalue weighted by Crippen LogP contribution is -2.61. The number of likely N-dealkylation sites (tertiary alicyclic amines) is 1. The first kappa shape index (κ1) is 20.7. The predicted octanol–water partition coefficient (Wildman–Crippen LogP) is 2.73. The zero-order valence-electron chi connectivity index (χ0n) is 16.2. The molecule has 7 heteroatoms. The van der Waals surface area contributed by atoms with Crippen LogP contribution >= 0.6 is 12.4 Å². The maximum absolute atomic E-state index is 12.6. The maximum atomic E-state index is 12.6. The molecule has 0 saturated carbocycles. The van der Waals surface area contributed by atoms with E-state index in [2.05, 4.69) is 45.2 Å². The molecule has 1 aromatic carbocycles. The first-order chi connectivity index (χ1) is 13.2. The van der Waals surface area contributed by atoms with Gasteiger partial charge in [-0.25, -0.2) is 4.98 Å². The van der Waals surface area contributed by atoms with Crippen LogP contribution in [0.25, 0.3) is 0 Å². The maximum Gasteiger partial charge on any atom is 0.257 e. The van der Waals surface area contributed by atoms with E-state index >= 15 is 0 Å². The highest BCUT2D eigenvalue weighted by Gasteiger charge is 2.46. The zero-order valence-corrected chi connectivity index (χ0v) is 17.0. The number of carbonyl (C=O) groups excluding carboxylic acids is 1. The van der Waals surface area contributed by atoms with Crippen LogP contribution in [0.4, 0.5) is 5.82 Å². The second kappa shape index (κ2) is 8.99. The monoisotopic (exact) mass is 402 g/mol. The van der Waals surface area contributed by atoms with Gasteiger partial charge in [-0.2, -0.15) is 0 Å². The average molecular weight is 403 g/mol. The van der Waals surface area contributed by atoms with Crippen molar-refractivity contribution in [2.24, 2.45) is 0 Å². The molecule has 1 spiro atoms. The fraction of sp³-hybridized carbons (Fsp3) is 0.476. The highest BCUT2D eigenvalue weighted by atomic mass is 35.5. The fourth-order valence-electron chi connectivity index (χ4n) is 4.06. The molecule has 3 heterocycles. The van der Waals surface area contributed by atoms with Gasteiger partial charge in [0.25, 0.3) is 5.91 Å². The molecular formula is C21H27ClN4O2. The third kappa shape index (κ3) is 4.51. The van der Waals surface area contributed by atoms with Crippen molar-refractivity contribution in [1.82, 2.24) is 14.9 Å². The van der Waals surface area contributed by atoms with E-state index in [0.29, 0.717) is 12.4 Å². The Morgan fingerprint density at radius 2 is 1.93 bits per heavy atom. The van der Waals surface area contributed by atoms with Crippen LogP contribution in [-0.2, 0) is 16.0 Å². The van der Waals surface area contributed by atoms with Crippen LogP contribution < -0.4 is 4.90 Å². The normalized spacial score (nSPS) is 22.1. The summed E-state index contributed by atoms with van der Waals surface area (Å²) < 4.78 is 6.22. The molecule has 2 aliphatic rings. The fourth-order valence-corrected chi connectivity index (χ4v) is 4.06. The summed E-state index contributed by atoms with van der Waals surface area (Å²) in [7, 11) is 0. The van der Waals surface area contributed by atoms with Crippen molar-refractivity contribution in [3.05, 3.63) is 54.5 Å². The molecule has 28 heavy (non-hydrogen) atoms. The van der Waals surface area contributed by atoms with Gasteiger partial charge in [0.15, 0.2) is 5.82 Å². The van der Waals surface area contributed by atoms with Gasteiger partial charge in [-0.05, 0) is 31.7 Å². The number of carbonyl (C=O) groups is 1. The molecule has 0 N–H and O–H groups in total. The molecular weight excluding hydrogens is 376 g/mol. The molecule has 2 aliphatic heterocycles. The first-order valence-corrected chi connectivity index (χ1v) is 9.67. The van der Waals surface area contributed by atoms with Crippen molar-refractivity contribution in [2.75, 3.05) is 31.1 Å². The topological polar surface area (TPSA) is 58.6 Å². The number of anilines is 1. The Kier molecular flexibility index (Phi) is 6.65. The number of hydrogen-bond donors (Lipinski definition) is 0. The van der Waals surface area contributed by atoms with Gasteiger partial charge in [-0.3, -0.25) is 14.7 Å². The third-order valence-electron chi connectivity index (χ3n) is 5.64. The molecule has 1 atom stereocenters. The lowest BCUT2D eigenvalue weighted by molar-refractivity contribution is -0.161. The first-order valence-electron chi connectivity index (χ1n) is 9.67. The number of amides is 1. The Labute approximate surface area is 172 Å². The van der Waals surface area contributed by atoms with Crippen LogP contribution in [0.15, 0.2) is 48.9 Å². The summed E-state index contributed by atoms with van der Waals surface area (Å²) in [6, 6.07) is 10.6. The lowest BCUT2D eigenvalue weighted by Gasteiger charge is -2.48. The number of halogens is 1. The Hall–Kier alpha value is -2.02. The number of morpholine rings is 1. The van der Waals surface area contributed by atoms with Gasteiger partial charge in [0.2, 0.25) is 0 Å². The van der Waals surface area contributed by atoms with Crippen LogP contribution in [0, 0.1) is 0 Å². The molecule has 1 amide bonds. The van der Waals surface area contributed by atoms with E-state index in [-0.39, 0.29) is 23.9 Å². The summed E-state index contributed by atoms with van der Waals surface area (Å²) in [5.74, 6) is 0.580. The molecule has 1 unspecified atom stereocenters. The Morgan fingerprint density at radius 3 is 2.61 bits per heavy atom. The Balaban J connectivity index is 0.00000225. The zero-order chi connectivity index (χ0) is 18.7. The van der Waals surface area contributed by atoms with Gasteiger partial charge in [0.05, 0.1) is 18.3 Å².